The summed E-state index contributed by atoms with van der Waals surface area (Å²) in [7, 11) is 1.92. The molecule has 0 atom stereocenters. The maximum Gasteiger partial charge on any atom is 0.435 e. The predicted molar refractivity (Wildman–Crippen MR) is 75.8 cm³/mol. The third-order valence-corrected chi connectivity index (χ3v) is 3.91. The summed E-state index contributed by atoms with van der Waals surface area (Å²) in [5, 5.41) is 3.65. The van der Waals surface area contributed by atoms with Gasteiger partial charge < -0.3 is 9.80 Å². The molecule has 0 bridgehead atoms. The lowest BCUT2D eigenvalue weighted by molar-refractivity contribution is -0.142. The molecule has 5 nitrogen and oxygen atoms in total. The first kappa shape index (κ1) is 16.8. The molecule has 0 spiro atoms. The fourth-order valence-electron chi connectivity index (χ4n) is 2.64. The van der Waals surface area contributed by atoms with Gasteiger partial charge in [-0.2, -0.15) is 18.3 Å². The summed E-state index contributed by atoms with van der Waals surface area (Å²) in [4.78, 5) is 16.1. The molecule has 1 aliphatic rings. The van der Waals surface area contributed by atoms with E-state index in [-0.39, 0.29) is 17.3 Å². The highest BCUT2D eigenvalue weighted by atomic mass is 19.4. The molecule has 1 aromatic heterocycles. The van der Waals surface area contributed by atoms with Gasteiger partial charge in [-0.05, 0) is 27.8 Å². The molecular formula is C14H21F3N4O. The fourth-order valence-corrected chi connectivity index (χ4v) is 2.64. The molecule has 8 heteroatoms. The lowest BCUT2D eigenvalue weighted by atomic mass is 10.1. The molecule has 1 aliphatic heterocycles. The number of hydrogen-bond acceptors (Lipinski definition) is 3. The Bertz CT molecular complexity index is 557. The van der Waals surface area contributed by atoms with Crippen molar-refractivity contribution >= 4 is 5.91 Å². The van der Waals surface area contributed by atoms with Crippen molar-refractivity contribution < 1.29 is 18.0 Å². The molecule has 2 heterocycles. The van der Waals surface area contributed by atoms with E-state index in [2.05, 4.69) is 5.10 Å². The van der Waals surface area contributed by atoms with E-state index in [1.54, 1.807) is 13.8 Å². The molecule has 0 N–H and O–H groups in total. The SMILES string of the molecule is Cc1c(C(=O)N2CCN(C)CC2)c(C(F)(F)F)nn1C(C)C. The zero-order valence-corrected chi connectivity index (χ0v) is 13.2. The van der Waals surface area contributed by atoms with Crippen LogP contribution < -0.4 is 0 Å². The largest absolute Gasteiger partial charge is 0.435 e. The Labute approximate surface area is 127 Å². The number of carbonyl (C=O) groups excluding carboxylic acids is 1. The Hall–Kier alpha value is -1.57. The fraction of sp³-hybridized carbons (Fsp3) is 0.714. The van der Waals surface area contributed by atoms with E-state index < -0.39 is 17.8 Å². The average molecular weight is 318 g/mol. The van der Waals surface area contributed by atoms with E-state index in [0.29, 0.717) is 26.2 Å². The number of hydrogen-bond donors (Lipinski definition) is 0. The highest BCUT2D eigenvalue weighted by molar-refractivity contribution is 5.96. The highest BCUT2D eigenvalue weighted by Gasteiger charge is 2.42. The van der Waals surface area contributed by atoms with Crippen LogP contribution in [0.2, 0.25) is 0 Å². The van der Waals surface area contributed by atoms with Crippen LogP contribution in [0.1, 0.15) is 41.6 Å². The van der Waals surface area contributed by atoms with E-state index in [0.717, 1.165) is 0 Å². The number of amides is 1. The van der Waals surface area contributed by atoms with E-state index >= 15 is 0 Å². The minimum Gasteiger partial charge on any atom is -0.336 e. The second kappa shape index (κ2) is 5.91. The van der Waals surface area contributed by atoms with Gasteiger partial charge in [0.25, 0.3) is 5.91 Å². The topological polar surface area (TPSA) is 41.4 Å². The van der Waals surface area contributed by atoms with Gasteiger partial charge in [-0.25, -0.2) is 0 Å². The molecule has 22 heavy (non-hydrogen) atoms. The third-order valence-electron chi connectivity index (χ3n) is 3.91. The molecule has 1 saturated heterocycles. The van der Waals surface area contributed by atoms with Gasteiger partial charge in [-0.3, -0.25) is 9.48 Å². The molecule has 124 valence electrons. The van der Waals surface area contributed by atoms with Gasteiger partial charge in [0.2, 0.25) is 0 Å². The Morgan fingerprint density at radius 3 is 2.18 bits per heavy atom. The summed E-state index contributed by atoms with van der Waals surface area (Å²) in [6.45, 7) is 7.17. The van der Waals surface area contributed by atoms with Crippen molar-refractivity contribution in [2.24, 2.45) is 0 Å². The van der Waals surface area contributed by atoms with Crippen molar-refractivity contribution in [3.8, 4) is 0 Å². The van der Waals surface area contributed by atoms with Gasteiger partial charge in [0, 0.05) is 37.9 Å². The average Bonchev–Trinajstić information content (AvgIpc) is 2.76. The lowest BCUT2D eigenvalue weighted by Gasteiger charge is -2.32. The monoisotopic (exact) mass is 318 g/mol. The summed E-state index contributed by atoms with van der Waals surface area (Å²) < 4.78 is 41.0. The summed E-state index contributed by atoms with van der Waals surface area (Å²) in [6.07, 6.45) is -4.64. The maximum atomic E-state index is 13.2. The highest BCUT2D eigenvalue weighted by Crippen LogP contribution is 2.34. The molecule has 1 aromatic rings. The molecule has 2 rings (SSSR count). The Morgan fingerprint density at radius 1 is 1.18 bits per heavy atom. The van der Waals surface area contributed by atoms with E-state index in [9.17, 15) is 18.0 Å². The van der Waals surface area contributed by atoms with Crippen LogP contribution >= 0.6 is 0 Å². The molecule has 0 aliphatic carbocycles. The van der Waals surface area contributed by atoms with E-state index in [4.69, 9.17) is 0 Å². The minimum absolute atomic E-state index is 0.241. The summed E-state index contributed by atoms with van der Waals surface area (Å²) >= 11 is 0. The number of aromatic nitrogens is 2. The van der Waals surface area contributed by atoms with Crippen LogP contribution in [0.4, 0.5) is 13.2 Å². The first-order valence-corrected chi connectivity index (χ1v) is 7.27. The molecule has 1 amide bonds. The molecule has 0 saturated carbocycles. The summed E-state index contributed by atoms with van der Waals surface area (Å²) in [5.41, 5.74) is -1.13. The number of piperazine rings is 1. The standard InChI is InChI=1S/C14H21F3N4O/c1-9(2)21-10(3)11(12(18-21)14(15,16)17)13(22)20-7-5-19(4)6-8-20/h9H,5-8H2,1-4H3. The van der Waals surface area contributed by atoms with Gasteiger partial charge in [0.15, 0.2) is 5.69 Å². The lowest BCUT2D eigenvalue weighted by Crippen LogP contribution is -2.47. The summed E-state index contributed by atoms with van der Waals surface area (Å²) in [5.74, 6) is -0.579. The van der Waals surface area contributed by atoms with Gasteiger partial charge in [0.1, 0.15) is 0 Å². The Balaban J connectivity index is 2.42. The van der Waals surface area contributed by atoms with Gasteiger partial charge in [-0.1, -0.05) is 0 Å². The van der Waals surface area contributed by atoms with Crippen LogP contribution in [0.25, 0.3) is 0 Å². The van der Waals surface area contributed by atoms with Crippen molar-refractivity contribution in [2.45, 2.75) is 33.0 Å². The predicted octanol–water partition coefficient (Wildman–Crippen LogP) is 2.18. The first-order chi connectivity index (χ1) is 10.1. The number of rotatable bonds is 2. The number of halogens is 3. The zero-order chi connectivity index (χ0) is 16.7. The number of carbonyl (C=O) groups is 1. The third kappa shape index (κ3) is 3.11. The Morgan fingerprint density at radius 2 is 1.73 bits per heavy atom. The first-order valence-electron chi connectivity index (χ1n) is 7.27. The van der Waals surface area contributed by atoms with Gasteiger partial charge in [-0.15, -0.1) is 0 Å². The Kier molecular flexibility index (Phi) is 4.51. The molecule has 0 radical (unpaired) electrons. The number of nitrogens with zero attached hydrogens (tertiary/aromatic N) is 4. The van der Waals surface area contributed by atoms with Crippen LogP contribution in [0.15, 0.2) is 0 Å². The van der Waals surface area contributed by atoms with Gasteiger partial charge >= 0.3 is 6.18 Å². The van der Waals surface area contributed by atoms with Gasteiger partial charge in [0.05, 0.1) is 5.56 Å². The van der Waals surface area contributed by atoms with Crippen LogP contribution in [0, 0.1) is 6.92 Å². The van der Waals surface area contributed by atoms with Crippen molar-refractivity contribution in [1.82, 2.24) is 19.6 Å². The van der Waals surface area contributed by atoms with Crippen molar-refractivity contribution in [3.63, 3.8) is 0 Å². The second-order valence-electron chi connectivity index (χ2n) is 5.94. The second-order valence-corrected chi connectivity index (χ2v) is 5.94. The van der Waals surface area contributed by atoms with E-state index in [1.165, 1.54) is 16.5 Å². The smallest absolute Gasteiger partial charge is 0.336 e. The van der Waals surface area contributed by atoms with Crippen molar-refractivity contribution in [2.75, 3.05) is 33.2 Å². The van der Waals surface area contributed by atoms with Crippen molar-refractivity contribution in [1.29, 1.82) is 0 Å². The molecule has 0 aromatic carbocycles. The van der Waals surface area contributed by atoms with Crippen molar-refractivity contribution in [3.05, 3.63) is 17.0 Å². The summed E-state index contributed by atoms with van der Waals surface area (Å²) in [6, 6.07) is -0.241. The molecule has 1 fully saturated rings. The minimum atomic E-state index is -4.64. The van der Waals surface area contributed by atoms with Crippen LogP contribution in [-0.4, -0.2) is 58.7 Å². The molecular weight excluding hydrogens is 297 g/mol. The zero-order valence-electron chi connectivity index (χ0n) is 13.2. The van der Waals surface area contributed by atoms with Crippen LogP contribution in [0.5, 0.6) is 0 Å². The number of likely N-dealkylation sites (N-methyl/N-ethyl adjacent to an activating group) is 1. The number of alkyl halides is 3. The van der Waals surface area contributed by atoms with Crippen LogP contribution in [0.3, 0.4) is 0 Å². The van der Waals surface area contributed by atoms with Crippen LogP contribution in [-0.2, 0) is 6.18 Å². The maximum absolute atomic E-state index is 13.2. The van der Waals surface area contributed by atoms with E-state index in [1.807, 2.05) is 11.9 Å². The quantitative estimate of drug-likeness (QED) is 0.839. The normalized spacial score (nSPS) is 17.4. The molecule has 0 unspecified atom stereocenters.